The Balaban J connectivity index is 0.000000216. The molecule has 2 aliphatic carbocycles. The van der Waals surface area contributed by atoms with Crippen LogP contribution >= 0.6 is 0 Å². The van der Waals surface area contributed by atoms with Gasteiger partial charge in [0.2, 0.25) is 17.3 Å². The van der Waals surface area contributed by atoms with Crippen molar-refractivity contribution in [3.8, 4) is 12.1 Å². The van der Waals surface area contributed by atoms with Gasteiger partial charge in [0.1, 0.15) is 60.5 Å². The topological polar surface area (TPSA) is 255 Å². The Hall–Kier alpha value is -7.01. The van der Waals surface area contributed by atoms with Crippen molar-refractivity contribution >= 4 is 34.9 Å². The molecular weight excluding hydrogens is 757 g/mol. The third-order valence-corrected chi connectivity index (χ3v) is 9.54. The zero-order valence-electron chi connectivity index (χ0n) is 33.4. The summed E-state index contributed by atoms with van der Waals surface area (Å²) in [6.45, 7) is 9.11. The van der Waals surface area contributed by atoms with E-state index < -0.39 is 11.9 Å². The van der Waals surface area contributed by atoms with Crippen LogP contribution in [0.5, 0.6) is 0 Å². The zero-order valence-corrected chi connectivity index (χ0v) is 33.4. The minimum atomic E-state index is -0.744. The molecule has 0 spiro atoms. The number of nitrogens with zero attached hydrogens (tertiary/aromatic N) is 10. The van der Waals surface area contributed by atoms with Crippen molar-refractivity contribution in [3.05, 3.63) is 101 Å². The first-order valence-electron chi connectivity index (χ1n) is 19.3. The number of fused-ring (bicyclic) bond motifs is 4. The van der Waals surface area contributed by atoms with Crippen LogP contribution < -0.4 is 0 Å². The number of ether oxygens (including phenoxy) is 2. The molecule has 4 aromatic rings. The first kappa shape index (κ1) is 44.7. The van der Waals surface area contributed by atoms with Crippen LogP contribution in [0.1, 0.15) is 145 Å². The van der Waals surface area contributed by atoms with Gasteiger partial charge >= 0.3 is 11.9 Å². The van der Waals surface area contributed by atoms with Crippen molar-refractivity contribution in [2.75, 3.05) is 13.2 Å². The maximum Gasteiger partial charge on any atom is 0.349 e. The van der Waals surface area contributed by atoms with Crippen molar-refractivity contribution in [2.24, 2.45) is 11.8 Å². The molecule has 2 atom stereocenters. The fourth-order valence-electron chi connectivity index (χ4n) is 6.10. The normalized spacial score (nSPS) is 13.8. The number of ketones is 3. The van der Waals surface area contributed by atoms with Gasteiger partial charge in [0, 0.05) is 35.9 Å². The molecule has 0 aromatic carbocycles. The number of nitriles is 2. The number of carbonyl (C=O) groups is 5. The van der Waals surface area contributed by atoms with Gasteiger partial charge in [-0.1, -0.05) is 66.2 Å². The van der Waals surface area contributed by atoms with E-state index in [1.165, 1.54) is 62.9 Å². The largest absolute Gasteiger partial charge is 0.465 e. The van der Waals surface area contributed by atoms with E-state index in [0.29, 0.717) is 12.5 Å². The number of hydrogen-bond acceptors (Lipinski definition) is 17. The van der Waals surface area contributed by atoms with Gasteiger partial charge < -0.3 is 9.47 Å². The van der Waals surface area contributed by atoms with E-state index in [2.05, 4.69) is 60.6 Å². The number of esters is 2. The van der Waals surface area contributed by atoms with Gasteiger partial charge in [-0.3, -0.25) is 19.2 Å². The molecule has 0 bridgehead atoms. The van der Waals surface area contributed by atoms with Crippen LogP contribution in [0.3, 0.4) is 0 Å². The average Bonchev–Trinajstić information content (AvgIpc) is 3.27. The quantitative estimate of drug-likeness (QED) is 0.0738. The molecule has 17 nitrogen and oxygen atoms in total. The predicted octanol–water partition coefficient (Wildman–Crippen LogP) is 5.60. The second-order valence-corrected chi connectivity index (χ2v) is 13.4. The molecule has 0 radical (unpaired) electrons. The molecule has 0 aliphatic heterocycles. The molecule has 6 rings (SSSR count). The summed E-state index contributed by atoms with van der Waals surface area (Å²) in [5, 5.41) is 18.0. The van der Waals surface area contributed by atoms with Crippen LogP contribution in [0, 0.1) is 34.5 Å². The first-order valence-corrected chi connectivity index (χ1v) is 19.3. The van der Waals surface area contributed by atoms with E-state index in [9.17, 15) is 29.2 Å². The number of hydrogen-bond donors (Lipinski definition) is 0. The fraction of sp³-hybridized carbons (Fsp3) is 0.405. The summed E-state index contributed by atoms with van der Waals surface area (Å²) < 4.78 is 10.4. The highest BCUT2D eigenvalue weighted by Gasteiger charge is 2.35. The van der Waals surface area contributed by atoms with Gasteiger partial charge in [0.05, 0.1) is 41.7 Å². The van der Waals surface area contributed by atoms with Crippen LogP contribution in [-0.4, -0.2) is 82.4 Å². The molecule has 4 heterocycles. The molecule has 0 saturated carbocycles. The molecule has 0 saturated heterocycles. The zero-order chi connectivity index (χ0) is 42.7. The van der Waals surface area contributed by atoms with Crippen LogP contribution in [0.2, 0.25) is 0 Å². The van der Waals surface area contributed by atoms with E-state index in [-0.39, 0.29) is 92.5 Å². The number of rotatable bonds is 14. The second kappa shape index (κ2) is 22.7. The van der Waals surface area contributed by atoms with E-state index in [0.717, 1.165) is 38.5 Å². The maximum atomic E-state index is 12.8. The Labute approximate surface area is 341 Å². The van der Waals surface area contributed by atoms with Crippen LogP contribution in [0.15, 0.2) is 55.7 Å². The van der Waals surface area contributed by atoms with Crippen LogP contribution in [0.4, 0.5) is 0 Å². The number of aromatic nitrogens is 8. The standard InChI is InChI=1S/C21H21N5O3.C11H19NO2.C10H4N4O2/c1-3-5-6-13(4-2)10-29-21(28)14(7-22)17-15-8-23-12-26-19(15)20(27)16-9-24-11-25-18(16)17;1-3-5-6-10(4-2)9-14-11(13)7-8-12;15-9-5-1-11-3-13-7(5)10(16)6-2-12-4-14-8(6)9/h8-9,11-13H,3-6,10H2,1-2H3;10H,3-7,9H2,1-2H3;1-4H/b17-14+;;. The lowest BCUT2D eigenvalue weighted by atomic mass is 9.86. The lowest BCUT2D eigenvalue weighted by molar-refractivity contribution is -0.144. The Morgan fingerprint density at radius 3 is 1.44 bits per heavy atom. The molecule has 0 amide bonds. The molecule has 0 fully saturated rings. The SMILES string of the molecule is CCCCC(CC)COC(=O)/C(C#N)=C1\c2cncnc2C(=O)c2cncnc21.CCCCC(CC)COC(=O)CC#N.O=C1c2cncnc2C(=O)c2cncnc21. The van der Waals surface area contributed by atoms with Gasteiger partial charge in [-0.05, 0) is 24.7 Å². The minimum absolute atomic E-state index is 0.104. The second-order valence-electron chi connectivity index (χ2n) is 13.4. The molecule has 4 aromatic heterocycles. The molecule has 304 valence electrons. The average molecular weight is 801 g/mol. The summed E-state index contributed by atoms with van der Waals surface area (Å²) in [4.78, 5) is 91.4. The third kappa shape index (κ3) is 11.3. The Kier molecular flexibility index (Phi) is 17.2. The van der Waals surface area contributed by atoms with E-state index in [1.807, 2.05) is 13.0 Å². The summed E-state index contributed by atoms with van der Waals surface area (Å²) in [5.41, 5.74) is 1.37. The van der Waals surface area contributed by atoms with E-state index in [4.69, 9.17) is 14.7 Å². The van der Waals surface area contributed by atoms with Crippen LogP contribution in [0.25, 0.3) is 5.57 Å². The van der Waals surface area contributed by atoms with Gasteiger partial charge in [-0.2, -0.15) is 10.5 Å². The van der Waals surface area contributed by atoms with Gasteiger partial charge in [-0.15, -0.1) is 0 Å². The highest BCUT2D eigenvalue weighted by molar-refractivity contribution is 6.26. The Bertz CT molecular complexity index is 2120. The molecular formula is C42H44N10O7. The Morgan fingerprint density at radius 2 is 1.02 bits per heavy atom. The van der Waals surface area contributed by atoms with Gasteiger partial charge in [0.25, 0.3) is 0 Å². The predicted molar refractivity (Wildman–Crippen MR) is 209 cm³/mol. The lowest BCUT2D eigenvalue weighted by Gasteiger charge is -2.20. The maximum absolute atomic E-state index is 12.8. The van der Waals surface area contributed by atoms with Crippen molar-refractivity contribution in [3.63, 3.8) is 0 Å². The van der Waals surface area contributed by atoms with Gasteiger partial charge in [0.15, 0.2) is 0 Å². The van der Waals surface area contributed by atoms with Crippen molar-refractivity contribution in [1.82, 2.24) is 39.9 Å². The number of unbranched alkanes of at least 4 members (excludes halogenated alkanes) is 2. The summed E-state index contributed by atoms with van der Waals surface area (Å²) in [5.74, 6) is -1.51. The monoisotopic (exact) mass is 800 g/mol. The summed E-state index contributed by atoms with van der Waals surface area (Å²) >= 11 is 0. The fourth-order valence-corrected chi connectivity index (χ4v) is 6.10. The highest BCUT2D eigenvalue weighted by atomic mass is 16.5. The molecule has 59 heavy (non-hydrogen) atoms. The molecule has 2 aliphatic rings. The number of carbonyl (C=O) groups excluding carboxylic acids is 5. The molecule has 17 heteroatoms. The minimum Gasteiger partial charge on any atom is -0.465 e. The van der Waals surface area contributed by atoms with Crippen molar-refractivity contribution < 1.29 is 33.4 Å². The summed E-state index contributed by atoms with van der Waals surface area (Å²) in [7, 11) is 0. The highest BCUT2D eigenvalue weighted by Crippen LogP contribution is 2.35. The first-order chi connectivity index (χ1) is 28.6. The third-order valence-electron chi connectivity index (χ3n) is 9.54. The lowest BCUT2D eigenvalue weighted by Crippen LogP contribution is -2.24. The summed E-state index contributed by atoms with van der Waals surface area (Å²) in [6.07, 6.45) is 18.7. The summed E-state index contributed by atoms with van der Waals surface area (Å²) in [6, 6.07) is 3.71. The van der Waals surface area contributed by atoms with E-state index >= 15 is 0 Å². The van der Waals surface area contributed by atoms with Gasteiger partial charge in [-0.25, -0.2) is 44.7 Å². The van der Waals surface area contributed by atoms with Crippen molar-refractivity contribution in [2.45, 2.75) is 85.5 Å². The van der Waals surface area contributed by atoms with E-state index in [1.54, 1.807) is 6.07 Å². The molecule has 2 unspecified atom stereocenters. The van der Waals surface area contributed by atoms with Crippen molar-refractivity contribution in [1.29, 1.82) is 10.5 Å². The smallest absolute Gasteiger partial charge is 0.349 e. The van der Waals surface area contributed by atoms with Crippen LogP contribution in [-0.2, 0) is 19.1 Å². The molecule has 0 N–H and O–H groups in total. The Morgan fingerprint density at radius 1 is 0.610 bits per heavy atom.